The van der Waals surface area contributed by atoms with Crippen molar-refractivity contribution in [1.29, 1.82) is 0 Å². The Bertz CT molecular complexity index is 484. The quantitative estimate of drug-likeness (QED) is 0.788. The number of Topliss-reactive ketones (excluding diaryl/α,β-unsaturated/α-hetero) is 1. The number of benzene rings is 1. The number of nitrogens with zero attached hydrogens (tertiary/aromatic N) is 2. The Kier molecular flexibility index (Phi) is 4.95. The van der Waals surface area contributed by atoms with E-state index in [0.29, 0.717) is 12.6 Å². The third-order valence-corrected chi connectivity index (χ3v) is 4.32. The summed E-state index contributed by atoms with van der Waals surface area (Å²) < 4.78 is 0. The number of carbonyl (C=O) groups is 1. The molecule has 1 fully saturated rings. The number of carbonyl (C=O) groups excluding carboxylic acids is 1. The summed E-state index contributed by atoms with van der Waals surface area (Å²) in [7, 11) is 0. The Morgan fingerprint density at radius 2 is 2.05 bits per heavy atom. The highest BCUT2D eigenvalue weighted by molar-refractivity contribution is 5.99. The summed E-state index contributed by atoms with van der Waals surface area (Å²) in [6.45, 7) is 13.2. The average molecular weight is 274 g/mol. The molecule has 0 radical (unpaired) electrons. The number of ketones is 1. The highest BCUT2D eigenvalue weighted by Crippen LogP contribution is 2.14. The van der Waals surface area contributed by atoms with Crippen LogP contribution in [0.3, 0.4) is 0 Å². The SMILES string of the molecule is CCN1CCN(CC(=O)c2cc(C)ccc2C)CC1C. The minimum absolute atomic E-state index is 0.253. The van der Waals surface area contributed by atoms with Gasteiger partial charge >= 0.3 is 0 Å². The minimum Gasteiger partial charge on any atom is -0.298 e. The molecule has 3 nitrogen and oxygen atoms in total. The van der Waals surface area contributed by atoms with Gasteiger partial charge < -0.3 is 0 Å². The molecule has 0 spiro atoms. The Morgan fingerprint density at radius 1 is 1.30 bits per heavy atom. The highest BCUT2D eigenvalue weighted by atomic mass is 16.1. The summed E-state index contributed by atoms with van der Waals surface area (Å²) in [6, 6.07) is 6.66. The van der Waals surface area contributed by atoms with Crippen molar-refractivity contribution in [2.75, 3.05) is 32.7 Å². The standard InChI is InChI=1S/C17H26N2O/c1-5-19-9-8-18(11-15(19)4)12-17(20)16-10-13(2)6-7-14(16)3/h6-7,10,15H,5,8-9,11-12H2,1-4H3. The van der Waals surface area contributed by atoms with Crippen LogP contribution in [0.5, 0.6) is 0 Å². The zero-order valence-electron chi connectivity index (χ0n) is 13.1. The summed E-state index contributed by atoms with van der Waals surface area (Å²) in [5, 5.41) is 0. The second-order valence-corrected chi connectivity index (χ2v) is 5.95. The Morgan fingerprint density at radius 3 is 2.70 bits per heavy atom. The van der Waals surface area contributed by atoms with E-state index in [2.05, 4.69) is 29.7 Å². The first kappa shape index (κ1) is 15.2. The Hall–Kier alpha value is -1.19. The molecule has 1 aliphatic rings. The zero-order valence-corrected chi connectivity index (χ0v) is 13.1. The lowest BCUT2D eigenvalue weighted by Crippen LogP contribution is -2.52. The van der Waals surface area contributed by atoms with Gasteiger partial charge in [-0.2, -0.15) is 0 Å². The number of hydrogen-bond donors (Lipinski definition) is 0. The van der Waals surface area contributed by atoms with E-state index in [1.807, 2.05) is 26.0 Å². The van der Waals surface area contributed by atoms with E-state index in [1.54, 1.807) is 0 Å². The minimum atomic E-state index is 0.253. The summed E-state index contributed by atoms with van der Waals surface area (Å²) in [5.41, 5.74) is 3.12. The van der Waals surface area contributed by atoms with Crippen molar-refractivity contribution in [3.63, 3.8) is 0 Å². The van der Waals surface area contributed by atoms with Crippen molar-refractivity contribution in [3.8, 4) is 0 Å². The molecule has 0 bridgehead atoms. The van der Waals surface area contributed by atoms with E-state index in [-0.39, 0.29) is 5.78 Å². The smallest absolute Gasteiger partial charge is 0.177 e. The van der Waals surface area contributed by atoms with Gasteiger partial charge in [0.25, 0.3) is 0 Å². The van der Waals surface area contributed by atoms with E-state index in [4.69, 9.17) is 0 Å². The van der Waals surface area contributed by atoms with Gasteiger partial charge in [0.2, 0.25) is 0 Å². The van der Waals surface area contributed by atoms with E-state index < -0.39 is 0 Å². The molecule has 0 amide bonds. The van der Waals surface area contributed by atoms with E-state index in [1.165, 1.54) is 0 Å². The van der Waals surface area contributed by atoms with Gasteiger partial charge in [-0.1, -0.05) is 24.6 Å². The Balaban J connectivity index is 2.00. The van der Waals surface area contributed by atoms with Crippen LogP contribution < -0.4 is 0 Å². The van der Waals surface area contributed by atoms with Gasteiger partial charge in [0.1, 0.15) is 0 Å². The molecule has 3 heteroatoms. The predicted octanol–water partition coefficient (Wildman–Crippen LogP) is 2.51. The summed E-state index contributed by atoms with van der Waals surface area (Å²) in [5.74, 6) is 0.253. The third kappa shape index (κ3) is 3.47. The molecule has 0 aromatic heterocycles. The van der Waals surface area contributed by atoms with Gasteiger partial charge in [-0.25, -0.2) is 0 Å². The van der Waals surface area contributed by atoms with E-state index in [0.717, 1.165) is 42.9 Å². The number of aryl methyl sites for hydroxylation is 2. The van der Waals surface area contributed by atoms with Gasteiger partial charge in [0.15, 0.2) is 5.78 Å². The maximum atomic E-state index is 12.5. The van der Waals surface area contributed by atoms with Crippen molar-refractivity contribution in [3.05, 3.63) is 34.9 Å². The lowest BCUT2D eigenvalue weighted by atomic mass is 10.0. The first-order valence-corrected chi connectivity index (χ1v) is 7.58. The van der Waals surface area contributed by atoms with Crippen LogP contribution in [-0.2, 0) is 0 Å². The van der Waals surface area contributed by atoms with Gasteiger partial charge in [-0.05, 0) is 38.9 Å². The number of likely N-dealkylation sites (N-methyl/N-ethyl adjacent to an activating group) is 1. The summed E-state index contributed by atoms with van der Waals surface area (Å²) in [4.78, 5) is 17.3. The maximum Gasteiger partial charge on any atom is 0.177 e. The molecule has 0 saturated carbocycles. The molecule has 1 aliphatic heterocycles. The van der Waals surface area contributed by atoms with Crippen LogP contribution in [0.1, 0.15) is 35.3 Å². The largest absolute Gasteiger partial charge is 0.298 e. The molecule has 110 valence electrons. The van der Waals surface area contributed by atoms with Crippen molar-refractivity contribution in [1.82, 2.24) is 9.80 Å². The van der Waals surface area contributed by atoms with E-state index in [9.17, 15) is 4.79 Å². The van der Waals surface area contributed by atoms with Gasteiger partial charge in [-0.15, -0.1) is 0 Å². The fraction of sp³-hybridized carbons (Fsp3) is 0.588. The van der Waals surface area contributed by atoms with Crippen molar-refractivity contribution in [2.24, 2.45) is 0 Å². The van der Waals surface area contributed by atoms with E-state index >= 15 is 0 Å². The molecule has 1 aromatic rings. The molecule has 0 N–H and O–H groups in total. The number of rotatable bonds is 4. The molecular formula is C17H26N2O. The summed E-state index contributed by atoms with van der Waals surface area (Å²) >= 11 is 0. The van der Waals surface area contributed by atoms with Crippen molar-refractivity contribution >= 4 is 5.78 Å². The fourth-order valence-corrected chi connectivity index (χ4v) is 3.01. The second-order valence-electron chi connectivity index (χ2n) is 5.95. The van der Waals surface area contributed by atoms with Crippen LogP contribution >= 0.6 is 0 Å². The van der Waals surface area contributed by atoms with Crippen LogP contribution in [0.15, 0.2) is 18.2 Å². The zero-order chi connectivity index (χ0) is 14.7. The topological polar surface area (TPSA) is 23.6 Å². The molecule has 0 aliphatic carbocycles. The monoisotopic (exact) mass is 274 g/mol. The molecule has 1 unspecified atom stereocenters. The molecule has 2 rings (SSSR count). The molecular weight excluding hydrogens is 248 g/mol. The molecule has 1 heterocycles. The maximum absolute atomic E-state index is 12.5. The predicted molar refractivity (Wildman–Crippen MR) is 83.4 cm³/mol. The van der Waals surface area contributed by atoms with Crippen molar-refractivity contribution in [2.45, 2.75) is 33.7 Å². The molecule has 20 heavy (non-hydrogen) atoms. The lowest BCUT2D eigenvalue weighted by molar-refractivity contribution is 0.0722. The first-order valence-electron chi connectivity index (χ1n) is 7.58. The van der Waals surface area contributed by atoms with Gasteiger partial charge in [0, 0.05) is 31.2 Å². The summed E-state index contributed by atoms with van der Waals surface area (Å²) in [6.07, 6.45) is 0. The molecule has 1 atom stereocenters. The van der Waals surface area contributed by atoms with Gasteiger partial charge in [0.05, 0.1) is 6.54 Å². The average Bonchev–Trinajstić information content (AvgIpc) is 2.41. The van der Waals surface area contributed by atoms with Crippen LogP contribution in [0.25, 0.3) is 0 Å². The second kappa shape index (κ2) is 6.51. The molecule has 1 saturated heterocycles. The Labute approximate surface area is 122 Å². The van der Waals surface area contributed by atoms with Crippen LogP contribution in [0, 0.1) is 13.8 Å². The third-order valence-electron chi connectivity index (χ3n) is 4.32. The number of hydrogen-bond acceptors (Lipinski definition) is 3. The normalized spacial score (nSPS) is 21.1. The van der Waals surface area contributed by atoms with Gasteiger partial charge in [-0.3, -0.25) is 14.6 Å². The fourth-order valence-electron chi connectivity index (χ4n) is 3.01. The molecule has 1 aromatic carbocycles. The lowest BCUT2D eigenvalue weighted by Gasteiger charge is -2.39. The first-order chi connectivity index (χ1) is 9.51. The van der Waals surface area contributed by atoms with Crippen molar-refractivity contribution < 1.29 is 4.79 Å². The highest BCUT2D eigenvalue weighted by Gasteiger charge is 2.24. The van der Waals surface area contributed by atoms with Crippen LogP contribution in [0.2, 0.25) is 0 Å². The number of piperazine rings is 1. The van der Waals surface area contributed by atoms with Crippen LogP contribution in [-0.4, -0.2) is 54.3 Å². The van der Waals surface area contributed by atoms with Crippen LogP contribution in [0.4, 0.5) is 0 Å².